The molecule has 6 nitrogen and oxygen atoms in total. The number of pyridine rings is 1. The van der Waals surface area contributed by atoms with Gasteiger partial charge < -0.3 is 9.15 Å². The molecular weight excluding hydrogens is 773 g/mol. The highest BCUT2D eigenvalue weighted by Gasteiger charge is 2.30. The second-order valence-electron chi connectivity index (χ2n) is 19.7. The van der Waals surface area contributed by atoms with Gasteiger partial charge in [0, 0.05) is 34.1 Å². The lowest BCUT2D eigenvalue weighted by Gasteiger charge is -2.30. The van der Waals surface area contributed by atoms with Crippen molar-refractivity contribution < 1.29 is 9.15 Å². The summed E-state index contributed by atoms with van der Waals surface area (Å²) in [5.41, 5.74) is 11.6. The lowest BCUT2D eigenvalue weighted by molar-refractivity contribution is 0.345. The highest BCUT2D eigenvalue weighted by molar-refractivity contribution is 6.09. The standard InChI is InChI=1S/C57H56N4O2/c1-55(2,3)40-26-29-49-47(33-40)46-28-27-43(35-50(46)61(49)51-34-41(30-31-58-51)56(4,5)6)63-42-23-16-22-39(32-42)48-36-62-54(59-48)53(60-57(7,8)9)52-44(37-18-12-10-13-19-37)24-17-25-45(52)38-20-14-11-15-21-38/h10-36,53,60H,1-9H3. The largest absolute Gasteiger partial charge is 0.457 e. The third kappa shape index (κ3) is 8.56. The Morgan fingerprint density at radius 1 is 0.556 bits per heavy atom. The van der Waals surface area contributed by atoms with Crippen molar-refractivity contribution in [1.29, 1.82) is 0 Å². The smallest absolute Gasteiger partial charge is 0.216 e. The molecule has 1 unspecified atom stereocenters. The molecule has 316 valence electrons. The van der Waals surface area contributed by atoms with E-state index >= 15 is 0 Å². The molecule has 0 saturated carbocycles. The monoisotopic (exact) mass is 828 g/mol. The number of nitrogens with one attached hydrogen (secondary N) is 1. The van der Waals surface area contributed by atoms with Gasteiger partial charge in [-0.15, -0.1) is 0 Å². The van der Waals surface area contributed by atoms with Crippen molar-refractivity contribution in [1.82, 2.24) is 19.9 Å². The molecule has 1 N–H and O–H groups in total. The Kier molecular flexibility index (Phi) is 10.7. The van der Waals surface area contributed by atoms with Gasteiger partial charge in [-0.1, -0.05) is 139 Å². The van der Waals surface area contributed by atoms with E-state index in [0.717, 1.165) is 67.1 Å². The van der Waals surface area contributed by atoms with Crippen LogP contribution in [0.4, 0.5) is 0 Å². The summed E-state index contributed by atoms with van der Waals surface area (Å²) in [6.07, 6.45) is 3.68. The van der Waals surface area contributed by atoms with Crippen LogP contribution in [0, 0.1) is 0 Å². The van der Waals surface area contributed by atoms with Gasteiger partial charge in [-0.3, -0.25) is 9.88 Å². The number of ether oxygens (including phenoxy) is 1. The van der Waals surface area contributed by atoms with E-state index in [1.165, 1.54) is 16.5 Å². The Morgan fingerprint density at radius 2 is 1.17 bits per heavy atom. The number of fused-ring (bicyclic) bond motifs is 3. The number of nitrogens with zero attached hydrogens (tertiary/aromatic N) is 3. The van der Waals surface area contributed by atoms with Crippen molar-refractivity contribution in [3.05, 3.63) is 187 Å². The quantitative estimate of drug-likeness (QED) is 0.157. The Labute approximate surface area is 371 Å². The van der Waals surface area contributed by atoms with Crippen molar-refractivity contribution in [3.63, 3.8) is 0 Å². The van der Waals surface area contributed by atoms with Crippen molar-refractivity contribution in [2.45, 2.75) is 84.7 Å². The van der Waals surface area contributed by atoms with Crippen LogP contribution in [0.15, 0.2) is 169 Å². The first-order valence-corrected chi connectivity index (χ1v) is 21.9. The van der Waals surface area contributed by atoms with E-state index in [1.54, 1.807) is 6.26 Å². The summed E-state index contributed by atoms with van der Waals surface area (Å²) in [6, 6.07) is 52.9. The summed E-state index contributed by atoms with van der Waals surface area (Å²) in [5.74, 6) is 2.90. The average molecular weight is 829 g/mol. The van der Waals surface area contributed by atoms with Gasteiger partial charge in [-0.25, -0.2) is 9.97 Å². The van der Waals surface area contributed by atoms with Crippen LogP contribution in [0.3, 0.4) is 0 Å². The summed E-state index contributed by atoms with van der Waals surface area (Å²) >= 11 is 0. The van der Waals surface area contributed by atoms with Crippen LogP contribution in [0.2, 0.25) is 0 Å². The molecule has 0 bridgehead atoms. The number of benzene rings is 6. The van der Waals surface area contributed by atoms with Crippen LogP contribution in [0.5, 0.6) is 11.5 Å². The minimum absolute atomic E-state index is 0.00740. The fraction of sp³-hybridized carbons (Fsp3) is 0.228. The zero-order valence-electron chi connectivity index (χ0n) is 37.8. The number of oxazole rings is 1. The summed E-state index contributed by atoms with van der Waals surface area (Å²) < 4.78 is 15.5. The molecule has 0 spiro atoms. The highest BCUT2D eigenvalue weighted by Crippen LogP contribution is 2.42. The Bertz CT molecular complexity index is 3010. The van der Waals surface area contributed by atoms with Crippen LogP contribution in [-0.4, -0.2) is 20.1 Å². The van der Waals surface area contributed by atoms with E-state index in [0.29, 0.717) is 11.6 Å². The summed E-state index contributed by atoms with van der Waals surface area (Å²) in [5, 5.41) is 6.23. The molecule has 0 radical (unpaired) electrons. The zero-order chi connectivity index (χ0) is 44.1. The lowest BCUT2D eigenvalue weighted by atomic mass is 9.86. The third-order valence-corrected chi connectivity index (χ3v) is 11.7. The van der Waals surface area contributed by atoms with Gasteiger partial charge in [0.25, 0.3) is 0 Å². The number of rotatable bonds is 9. The normalized spacial score (nSPS) is 12.8. The first-order valence-electron chi connectivity index (χ1n) is 21.9. The first kappa shape index (κ1) is 41.6. The van der Waals surface area contributed by atoms with Gasteiger partial charge in [-0.05, 0) is 119 Å². The summed E-state index contributed by atoms with van der Waals surface area (Å²) in [6.45, 7) is 20.0. The van der Waals surface area contributed by atoms with E-state index in [1.807, 2.05) is 24.4 Å². The molecule has 6 aromatic carbocycles. The molecule has 9 aromatic rings. The fourth-order valence-corrected chi connectivity index (χ4v) is 8.50. The molecule has 0 aliphatic heterocycles. The van der Waals surface area contributed by atoms with Crippen LogP contribution in [0.1, 0.15) is 90.9 Å². The molecule has 0 amide bonds. The molecule has 6 heteroatoms. The van der Waals surface area contributed by atoms with Gasteiger partial charge >= 0.3 is 0 Å². The minimum atomic E-state index is -0.360. The zero-order valence-corrected chi connectivity index (χ0v) is 37.8. The Balaban J connectivity index is 1.10. The molecule has 0 aliphatic rings. The number of aromatic nitrogens is 3. The van der Waals surface area contributed by atoms with Crippen LogP contribution >= 0.6 is 0 Å². The topological polar surface area (TPSA) is 65.1 Å². The van der Waals surface area contributed by atoms with E-state index < -0.39 is 0 Å². The van der Waals surface area contributed by atoms with E-state index in [2.05, 4.69) is 206 Å². The average Bonchev–Trinajstić information content (AvgIpc) is 3.88. The Hall–Kier alpha value is -6.76. The molecular formula is C57H56N4O2. The van der Waals surface area contributed by atoms with Crippen LogP contribution in [0.25, 0.3) is 61.1 Å². The number of hydrogen-bond donors (Lipinski definition) is 1. The minimum Gasteiger partial charge on any atom is -0.457 e. The SMILES string of the molecule is CC(C)(C)NC(c1nc(-c2cccc(Oc3ccc4c5cc(C(C)(C)C)ccc5n(-c5cc(C(C)(C)C)ccn5)c4c3)c2)co1)c1c(-c2ccccc2)cccc1-c1ccccc1. The van der Waals surface area contributed by atoms with Gasteiger partial charge in [0.1, 0.15) is 35.3 Å². The molecule has 9 rings (SSSR count). The third-order valence-electron chi connectivity index (χ3n) is 11.7. The van der Waals surface area contributed by atoms with Gasteiger partial charge in [0.15, 0.2) is 0 Å². The molecule has 63 heavy (non-hydrogen) atoms. The van der Waals surface area contributed by atoms with Crippen molar-refractivity contribution in [2.75, 3.05) is 0 Å². The highest BCUT2D eigenvalue weighted by atomic mass is 16.5. The Morgan fingerprint density at radius 3 is 1.83 bits per heavy atom. The van der Waals surface area contributed by atoms with E-state index in [-0.39, 0.29) is 22.4 Å². The first-order chi connectivity index (χ1) is 30.1. The van der Waals surface area contributed by atoms with Crippen LogP contribution < -0.4 is 10.1 Å². The predicted octanol–water partition coefficient (Wildman–Crippen LogP) is 15.0. The second kappa shape index (κ2) is 16.2. The molecule has 3 aromatic heterocycles. The second-order valence-corrected chi connectivity index (χ2v) is 19.7. The molecule has 1 atom stereocenters. The summed E-state index contributed by atoms with van der Waals surface area (Å²) in [4.78, 5) is 10.1. The van der Waals surface area contributed by atoms with E-state index in [4.69, 9.17) is 19.1 Å². The molecule has 0 fully saturated rings. The molecule has 0 saturated heterocycles. The molecule has 0 aliphatic carbocycles. The maximum absolute atomic E-state index is 6.71. The lowest BCUT2D eigenvalue weighted by Crippen LogP contribution is -2.39. The summed E-state index contributed by atoms with van der Waals surface area (Å²) in [7, 11) is 0. The van der Waals surface area contributed by atoms with Crippen molar-refractivity contribution in [2.24, 2.45) is 0 Å². The van der Waals surface area contributed by atoms with Crippen LogP contribution in [-0.2, 0) is 10.8 Å². The maximum Gasteiger partial charge on any atom is 0.216 e. The van der Waals surface area contributed by atoms with Gasteiger partial charge in [0.05, 0.1) is 11.0 Å². The molecule has 3 heterocycles. The van der Waals surface area contributed by atoms with Gasteiger partial charge in [0.2, 0.25) is 5.89 Å². The maximum atomic E-state index is 6.71. The van der Waals surface area contributed by atoms with Crippen molar-refractivity contribution >= 4 is 21.8 Å². The number of hydrogen-bond acceptors (Lipinski definition) is 5. The van der Waals surface area contributed by atoms with Crippen molar-refractivity contribution in [3.8, 4) is 50.8 Å². The predicted molar refractivity (Wildman–Crippen MR) is 260 cm³/mol. The van der Waals surface area contributed by atoms with E-state index in [9.17, 15) is 0 Å². The van der Waals surface area contributed by atoms with Gasteiger partial charge in [-0.2, -0.15) is 0 Å². The fourth-order valence-electron chi connectivity index (χ4n) is 8.50.